The third-order valence-corrected chi connectivity index (χ3v) is 7.33. The Bertz CT molecular complexity index is 671. The van der Waals surface area contributed by atoms with Crippen molar-refractivity contribution in [2.45, 2.75) is 58.6 Å². The monoisotopic (exact) mass is 345 g/mol. The van der Waals surface area contributed by atoms with Gasteiger partial charge in [-0.2, -0.15) is 0 Å². The molecule has 1 unspecified atom stereocenters. The van der Waals surface area contributed by atoms with Gasteiger partial charge in [-0.25, -0.2) is 4.39 Å². The van der Waals surface area contributed by atoms with Crippen molar-refractivity contribution in [2.75, 3.05) is 6.61 Å². The number of halogens is 1. The molecule has 1 aliphatic heterocycles. The minimum Gasteiger partial charge on any atom is -0.373 e. The molecule has 136 valence electrons. The lowest BCUT2D eigenvalue weighted by Gasteiger charge is -2.53. The van der Waals surface area contributed by atoms with Crippen LogP contribution in [0.25, 0.3) is 0 Å². The molecule has 1 aromatic carbocycles. The molecule has 0 radical (unpaired) electrons. The van der Waals surface area contributed by atoms with E-state index in [9.17, 15) is 9.18 Å². The maximum atomic E-state index is 13.3. The maximum Gasteiger partial charge on any atom is 0.219 e. The number of rotatable bonds is 3. The first kappa shape index (κ1) is 17.0. The Morgan fingerprint density at radius 2 is 2.04 bits per heavy atom. The van der Waals surface area contributed by atoms with Crippen molar-refractivity contribution in [3.05, 3.63) is 35.6 Å². The van der Waals surface area contributed by atoms with Crippen molar-refractivity contribution in [3.8, 4) is 0 Å². The first-order valence-electron chi connectivity index (χ1n) is 9.55. The second-order valence-corrected chi connectivity index (χ2v) is 8.74. The van der Waals surface area contributed by atoms with Crippen LogP contribution in [0.15, 0.2) is 24.3 Å². The van der Waals surface area contributed by atoms with Crippen LogP contribution in [0.3, 0.4) is 0 Å². The van der Waals surface area contributed by atoms with E-state index < -0.39 is 0 Å². The summed E-state index contributed by atoms with van der Waals surface area (Å²) in [5, 5.41) is 3.37. The number of benzene rings is 1. The molecule has 1 spiro atoms. The number of fused-ring (bicyclic) bond motifs is 1. The molecule has 2 bridgehead atoms. The maximum absolute atomic E-state index is 13.3. The smallest absolute Gasteiger partial charge is 0.219 e. The van der Waals surface area contributed by atoms with E-state index >= 15 is 0 Å². The minimum atomic E-state index is -0.212. The highest BCUT2D eigenvalue weighted by Crippen LogP contribution is 2.70. The number of amides is 1. The molecule has 3 nitrogen and oxygen atoms in total. The molecule has 1 heterocycles. The summed E-state index contributed by atoms with van der Waals surface area (Å²) in [5.74, 6) is 0.927. The van der Waals surface area contributed by atoms with Crippen LogP contribution < -0.4 is 5.32 Å². The molecule has 1 aromatic rings. The Balaban J connectivity index is 1.69. The minimum absolute atomic E-state index is 0.0106. The fourth-order valence-corrected chi connectivity index (χ4v) is 6.03. The molecule has 1 N–H and O–H groups in total. The van der Waals surface area contributed by atoms with Crippen LogP contribution in [0.1, 0.15) is 58.1 Å². The summed E-state index contributed by atoms with van der Waals surface area (Å²) in [7, 11) is 0. The van der Waals surface area contributed by atoms with Crippen molar-refractivity contribution < 1.29 is 13.9 Å². The van der Waals surface area contributed by atoms with Crippen LogP contribution in [0.4, 0.5) is 4.39 Å². The highest BCUT2D eigenvalue weighted by atomic mass is 19.1. The molecular formula is C21H28FNO2. The Hall–Kier alpha value is -1.42. The average Bonchev–Trinajstić information content (AvgIpc) is 3.08. The fourth-order valence-electron chi connectivity index (χ4n) is 6.03. The van der Waals surface area contributed by atoms with Gasteiger partial charge >= 0.3 is 0 Å². The third-order valence-electron chi connectivity index (χ3n) is 7.33. The summed E-state index contributed by atoms with van der Waals surface area (Å²) in [6.07, 6.45) is 3.84. The molecule has 1 saturated heterocycles. The van der Waals surface area contributed by atoms with E-state index in [4.69, 9.17) is 4.74 Å². The summed E-state index contributed by atoms with van der Waals surface area (Å²) in [6, 6.07) is 6.95. The highest BCUT2D eigenvalue weighted by Gasteiger charge is 2.68. The van der Waals surface area contributed by atoms with E-state index in [-0.39, 0.29) is 34.7 Å². The second kappa shape index (κ2) is 5.80. The van der Waals surface area contributed by atoms with E-state index in [2.05, 4.69) is 19.2 Å². The van der Waals surface area contributed by atoms with Crippen molar-refractivity contribution in [3.63, 3.8) is 0 Å². The van der Waals surface area contributed by atoms with E-state index in [1.807, 2.05) is 19.1 Å². The van der Waals surface area contributed by atoms with Gasteiger partial charge in [-0.3, -0.25) is 4.79 Å². The summed E-state index contributed by atoms with van der Waals surface area (Å²) in [6.45, 7) is 7.24. The summed E-state index contributed by atoms with van der Waals surface area (Å²) < 4.78 is 19.5. The molecular weight excluding hydrogens is 317 g/mol. The van der Waals surface area contributed by atoms with Gasteiger partial charge in [-0.15, -0.1) is 0 Å². The van der Waals surface area contributed by atoms with Crippen molar-refractivity contribution in [1.29, 1.82) is 0 Å². The number of hydrogen-bond acceptors (Lipinski definition) is 2. The Kier molecular flexibility index (Phi) is 3.95. The largest absolute Gasteiger partial charge is 0.373 e. The average molecular weight is 345 g/mol. The Morgan fingerprint density at radius 3 is 2.72 bits per heavy atom. The van der Waals surface area contributed by atoms with Gasteiger partial charge in [-0.1, -0.05) is 32.9 Å². The summed E-state index contributed by atoms with van der Waals surface area (Å²) in [5.41, 5.74) is 1.29. The molecule has 4 heteroatoms. The van der Waals surface area contributed by atoms with Crippen molar-refractivity contribution >= 4 is 5.91 Å². The molecule has 2 aliphatic carbocycles. The number of hydrogen-bond donors (Lipinski definition) is 1. The van der Waals surface area contributed by atoms with Gasteiger partial charge in [0.2, 0.25) is 5.91 Å². The summed E-state index contributed by atoms with van der Waals surface area (Å²) >= 11 is 0. The zero-order valence-corrected chi connectivity index (χ0v) is 15.3. The molecule has 0 aromatic heterocycles. The first-order chi connectivity index (χ1) is 11.9. The van der Waals surface area contributed by atoms with Crippen LogP contribution in [0.2, 0.25) is 0 Å². The molecule has 2 saturated carbocycles. The van der Waals surface area contributed by atoms with Gasteiger partial charge in [0.15, 0.2) is 0 Å². The SMILES string of the molecule is CCC(=O)N[C@H]1C(C)(C)[C@@H]2C[C@@H]3[C@@H](c4ccc(F)cc4)OCCC31C2. The molecule has 4 rings (SSSR count). The van der Waals surface area contributed by atoms with Gasteiger partial charge in [0.1, 0.15) is 5.82 Å². The lowest BCUT2D eigenvalue weighted by atomic mass is 9.59. The molecule has 3 aliphatic rings. The van der Waals surface area contributed by atoms with E-state index in [1.54, 1.807) is 0 Å². The lowest BCUT2D eigenvalue weighted by Crippen LogP contribution is -2.58. The predicted octanol–water partition coefficient (Wildman–Crippen LogP) is 4.23. The number of carbonyl (C=O) groups excluding carboxylic acids is 1. The van der Waals surface area contributed by atoms with Crippen LogP contribution in [0.5, 0.6) is 0 Å². The van der Waals surface area contributed by atoms with Gasteiger partial charge in [-0.05, 0) is 59.6 Å². The zero-order valence-electron chi connectivity index (χ0n) is 15.3. The van der Waals surface area contributed by atoms with E-state index in [0.717, 1.165) is 18.4 Å². The van der Waals surface area contributed by atoms with E-state index in [1.165, 1.54) is 18.6 Å². The normalized spacial score (nSPS) is 38.4. The first-order valence-corrected chi connectivity index (χ1v) is 9.55. The third kappa shape index (κ3) is 2.44. The van der Waals surface area contributed by atoms with Gasteiger partial charge in [0, 0.05) is 19.1 Å². The standard InChI is InChI=1S/C21H28FNO2/c1-4-17(24)23-19-20(2,3)14-11-16-18(13-5-7-15(22)8-6-13)25-10-9-21(16,19)12-14/h5-8,14,16,18-19H,4,9-12H2,1-3H3,(H,23,24)/t14-,16-,18-,19+,21?/m1/s1. The highest BCUT2D eigenvalue weighted by molar-refractivity contribution is 5.76. The molecule has 5 atom stereocenters. The van der Waals surface area contributed by atoms with Crippen LogP contribution >= 0.6 is 0 Å². The second-order valence-electron chi connectivity index (χ2n) is 8.74. The van der Waals surface area contributed by atoms with Gasteiger partial charge < -0.3 is 10.1 Å². The molecule has 25 heavy (non-hydrogen) atoms. The topological polar surface area (TPSA) is 38.3 Å². The van der Waals surface area contributed by atoms with Crippen molar-refractivity contribution in [2.24, 2.45) is 22.7 Å². The Labute approximate surface area is 149 Å². The fraction of sp³-hybridized carbons (Fsp3) is 0.667. The van der Waals surface area contributed by atoms with Crippen LogP contribution in [-0.4, -0.2) is 18.6 Å². The quantitative estimate of drug-likeness (QED) is 0.890. The number of carbonyl (C=O) groups is 1. The molecule has 3 fully saturated rings. The van der Waals surface area contributed by atoms with Gasteiger partial charge in [0.25, 0.3) is 0 Å². The van der Waals surface area contributed by atoms with E-state index in [0.29, 0.717) is 24.9 Å². The van der Waals surface area contributed by atoms with Crippen molar-refractivity contribution in [1.82, 2.24) is 5.32 Å². The van der Waals surface area contributed by atoms with Gasteiger partial charge in [0.05, 0.1) is 6.10 Å². The Morgan fingerprint density at radius 1 is 1.32 bits per heavy atom. The predicted molar refractivity (Wildman–Crippen MR) is 94.4 cm³/mol. The van der Waals surface area contributed by atoms with Crippen LogP contribution in [0, 0.1) is 28.5 Å². The lowest BCUT2D eigenvalue weighted by molar-refractivity contribution is -0.137. The number of ether oxygens (including phenoxy) is 1. The van der Waals surface area contributed by atoms with Crippen LogP contribution in [-0.2, 0) is 9.53 Å². The molecule has 1 amide bonds. The zero-order chi connectivity index (χ0) is 17.8. The summed E-state index contributed by atoms with van der Waals surface area (Å²) in [4.78, 5) is 12.2. The number of nitrogens with one attached hydrogen (secondary N) is 1.